The van der Waals surface area contributed by atoms with Gasteiger partial charge in [0.15, 0.2) is 5.11 Å². The first-order chi connectivity index (χ1) is 14.5. The van der Waals surface area contributed by atoms with Crippen LogP contribution in [0.4, 0.5) is 0 Å². The first-order valence-electron chi connectivity index (χ1n) is 9.77. The molecule has 0 aliphatic carbocycles. The highest BCUT2D eigenvalue weighted by molar-refractivity contribution is 7.80. The van der Waals surface area contributed by atoms with Crippen molar-refractivity contribution in [2.24, 2.45) is 0 Å². The quantitative estimate of drug-likeness (QED) is 0.408. The van der Waals surface area contributed by atoms with Gasteiger partial charge in [-0.1, -0.05) is 29.8 Å². The van der Waals surface area contributed by atoms with Crippen molar-refractivity contribution in [1.82, 2.24) is 14.4 Å². The van der Waals surface area contributed by atoms with Crippen LogP contribution in [0.2, 0.25) is 5.02 Å². The molecule has 1 aromatic heterocycles. The van der Waals surface area contributed by atoms with Gasteiger partial charge in [0.25, 0.3) is 5.91 Å². The lowest BCUT2D eigenvalue weighted by Gasteiger charge is -2.13. The monoisotopic (exact) mass is 439 g/mol. The molecule has 5 nitrogen and oxygen atoms in total. The van der Waals surface area contributed by atoms with Gasteiger partial charge in [-0.05, 0) is 55.5 Å². The highest BCUT2D eigenvalue weighted by Gasteiger charge is 2.34. The van der Waals surface area contributed by atoms with Crippen LogP contribution in [0.15, 0.2) is 60.4 Å². The van der Waals surface area contributed by atoms with E-state index in [9.17, 15) is 4.79 Å². The maximum atomic E-state index is 12.7. The van der Waals surface area contributed by atoms with Crippen LogP contribution in [0.3, 0.4) is 0 Å². The number of carbonyl (C=O) groups excluding carboxylic acids is 1. The third kappa shape index (κ3) is 3.80. The number of amides is 1. The molecule has 0 atom stereocenters. The largest absolute Gasteiger partial charge is 0.492 e. The van der Waals surface area contributed by atoms with Crippen LogP contribution in [-0.2, 0) is 11.3 Å². The lowest BCUT2D eigenvalue weighted by Crippen LogP contribution is -2.30. The normalized spacial score (nSPS) is 15.6. The minimum atomic E-state index is -0.0621. The van der Waals surface area contributed by atoms with Gasteiger partial charge in [-0.3, -0.25) is 9.69 Å². The molecule has 7 heteroatoms. The van der Waals surface area contributed by atoms with Gasteiger partial charge in [0.05, 0.1) is 6.54 Å². The molecule has 1 amide bonds. The van der Waals surface area contributed by atoms with Gasteiger partial charge in [0.1, 0.15) is 18.1 Å². The number of hydrogen-bond donors (Lipinski definition) is 0. The Morgan fingerprint density at radius 3 is 2.57 bits per heavy atom. The second-order valence-corrected chi connectivity index (χ2v) is 7.82. The number of carbonyl (C=O) groups is 1. The molecule has 4 rings (SSSR count). The van der Waals surface area contributed by atoms with E-state index in [-0.39, 0.29) is 5.91 Å². The van der Waals surface area contributed by atoms with Crippen molar-refractivity contribution >= 4 is 51.8 Å². The Morgan fingerprint density at radius 2 is 1.87 bits per heavy atom. The second-order valence-electron chi connectivity index (χ2n) is 7.02. The number of halogens is 1. The van der Waals surface area contributed by atoms with E-state index >= 15 is 0 Å². The van der Waals surface area contributed by atoms with Gasteiger partial charge >= 0.3 is 0 Å². The molecule has 1 fully saturated rings. The molecule has 1 saturated heterocycles. The number of likely N-dealkylation sites (N-methyl/N-ethyl adjacent to an activating group) is 2. The van der Waals surface area contributed by atoms with Crippen molar-refractivity contribution in [3.63, 3.8) is 0 Å². The van der Waals surface area contributed by atoms with E-state index in [2.05, 4.69) is 22.9 Å². The average molecular weight is 440 g/mol. The molecule has 154 valence electrons. The topological polar surface area (TPSA) is 37.7 Å². The molecular formula is C23H22ClN3O2S. The summed E-state index contributed by atoms with van der Waals surface area (Å²) in [7, 11) is 1.83. The van der Waals surface area contributed by atoms with Crippen LogP contribution in [0.5, 0.6) is 5.75 Å². The summed E-state index contributed by atoms with van der Waals surface area (Å²) in [4.78, 5) is 16.1. The molecule has 2 heterocycles. The summed E-state index contributed by atoms with van der Waals surface area (Å²) in [5.74, 6) is 0.720. The number of fused-ring (bicyclic) bond motifs is 1. The summed E-state index contributed by atoms with van der Waals surface area (Å²) < 4.78 is 8.00. The minimum Gasteiger partial charge on any atom is -0.492 e. The highest BCUT2D eigenvalue weighted by atomic mass is 35.5. The third-order valence-electron chi connectivity index (χ3n) is 5.19. The van der Waals surface area contributed by atoms with Crippen LogP contribution in [0.25, 0.3) is 17.0 Å². The molecule has 0 N–H and O–H groups in total. The Kier molecular flexibility index (Phi) is 5.79. The minimum absolute atomic E-state index is 0.0621. The Labute approximate surface area is 186 Å². The zero-order valence-corrected chi connectivity index (χ0v) is 18.4. The highest BCUT2D eigenvalue weighted by Crippen LogP contribution is 2.27. The van der Waals surface area contributed by atoms with Crippen molar-refractivity contribution in [3.8, 4) is 5.75 Å². The van der Waals surface area contributed by atoms with Crippen LogP contribution in [0, 0.1) is 0 Å². The summed E-state index contributed by atoms with van der Waals surface area (Å²) >= 11 is 11.3. The smallest absolute Gasteiger partial charge is 0.276 e. The van der Waals surface area contributed by atoms with Gasteiger partial charge in [-0.15, -0.1) is 0 Å². The number of thiocarbonyl (C=S) groups is 1. The number of hydrogen-bond acceptors (Lipinski definition) is 3. The van der Waals surface area contributed by atoms with Gasteiger partial charge in [-0.2, -0.15) is 0 Å². The van der Waals surface area contributed by atoms with E-state index in [0.29, 0.717) is 35.5 Å². The molecule has 0 radical (unpaired) electrons. The van der Waals surface area contributed by atoms with Crippen LogP contribution in [-0.4, -0.2) is 45.6 Å². The van der Waals surface area contributed by atoms with E-state index in [1.807, 2.05) is 56.4 Å². The Hall–Kier alpha value is -2.83. The number of aromatic nitrogens is 1. The lowest BCUT2D eigenvalue weighted by atomic mass is 10.1. The molecule has 2 aromatic carbocycles. The van der Waals surface area contributed by atoms with Gasteiger partial charge in [0, 0.05) is 41.3 Å². The van der Waals surface area contributed by atoms with Gasteiger partial charge in [0.2, 0.25) is 0 Å². The molecule has 0 unspecified atom stereocenters. The fourth-order valence-electron chi connectivity index (χ4n) is 3.61. The molecule has 1 aliphatic rings. The van der Waals surface area contributed by atoms with E-state index in [0.717, 1.165) is 22.2 Å². The first-order valence-corrected chi connectivity index (χ1v) is 10.6. The molecule has 0 saturated carbocycles. The summed E-state index contributed by atoms with van der Waals surface area (Å²) in [6, 6.07) is 15.5. The van der Waals surface area contributed by atoms with Crippen molar-refractivity contribution in [3.05, 3.63) is 71.0 Å². The number of nitrogens with zero attached hydrogens (tertiary/aromatic N) is 3. The van der Waals surface area contributed by atoms with E-state index in [1.54, 1.807) is 9.80 Å². The summed E-state index contributed by atoms with van der Waals surface area (Å²) in [6.07, 6.45) is 3.98. The SMILES string of the molecule is CCN1C(=O)C(=Cc2cn(CCOc3ccc(Cl)cc3)c3ccccc23)N(C)C1=S. The number of ether oxygens (including phenoxy) is 1. The predicted molar refractivity (Wildman–Crippen MR) is 125 cm³/mol. The number of benzene rings is 2. The number of para-hydroxylation sites is 1. The standard InChI is InChI=1S/C23H22ClN3O2S/c1-3-27-22(28)21(25(2)23(27)30)14-16-15-26(20-7-5-4-6-19(16)20)12-13-29-18-10-8-17(24)9-11-18/h4-11,14-15H,3,12-13H2,1-2H3. The van der Waals surface area contributed by atoms with Crippen molar-refractivity contribution in [2.45, 2.75) is 13.5 Å². The fourth-order valence-corrected chi connectivity index (χ4v) is 4.04. The summed E-state index contributed by atoms with van der Waals surface area (Å²) in [5.41, 5.74) is 2.65. The molecule has 30 heavy (non-hydrogen) atoms. The molecule has 0 spiro atoms. The van der Waals surface area contributed by atoms with Crippen LogP contribution < -0.4 is 4.74 Å². The lowest BCUT2D eigenvalue weighted by molar-refractivity contribution is -0.122. The maximum Gasteiger partial charge on any atom is 0.276 e. The van der Waals surface area contributed by atoms with Crippen molar-refractivity contribution in [2.75, 3.05) is 20.2 Å². The Morgan fingerprint density at radius 1 is 1.13 bits per heavy atom. The van der Waals surface area contributed by atoms with E-state index in [1.165, 1.54) is 0 Å². The van der Waals surface area contributed by atoms with Crippen LogP contribution in [0.1, 0.15) is 12.5 Å². The fraction of sp³-hybridized carbons (Fsp3) is 0.217. The average Bonchev–Trinajstić information content (AvgIpc) is 3.20. The second kappa shape index (κ2) is 8.50. The molecule has 0 bridgehead atoms. The van der Waals surface area contributed by atoms with Crippen LogP contribution >= 0.6 is 23.8 Å². The summed E-state index contributed by atoms with van der Waals surface area (Å²) in [5, 5.41) is 2.30. The summed E-state index contributed by atoms with van der Waals surface area (Å²) in [6.45, 7) is 3.68. The maximum absolute atomic E-state index is 12.7. The van der Waals surface area contributed by atoms with Crippen molar-refractivity contribution < 1.29 is 9.53 Å². The Bertz CT molecular complexity index is 1140. The molecule has 3 aromatic rings. The Balaban J connectivity index is 1.60. The third-order valence-corrected chi connectivity index (χ3v) is 5.93. The van der Waals surface area contributed by atoms with Gasteiger partial charge in [-0.25, -0.2) is 0 Å². The number of rotatable bonds is 6. The predicted octanol–water partition coefficient (Wildman–Crippen LogP) is 4.79. The first kappa shape index (κ1) is 20.4. The van der Waals surface area contributed by atoms with E-state index < -0.39 is 0 Å². The zero-order chi connectivity index (χ0) is 21.3. The zero-order valence-electron chi connectivity index (χ0n) is 16.8. The van der Waals surface area contributed by atoms with E-state index in [4.69, 9.17) is 28.6 Å². The molecule has 1 aliphatic heterocycles. The molecular weight excluding hydrogens is 418 g/mol. The van der Waals surface area contributed by atoms with Gasteiger partial charge < -0.3 is 14.2 Å². The van der Waals surface area contributed by atoms with Crippen molar-refractivity contribution in [1.29, 1.82) is 0 Å².